The van der Waals surface area contributed by atoms with Crippen LogP contribution in [0.4, 0.5) is 14.9 Å². The molecule has 4 nitrogen and oxygen atoms in total. The van der Waals surface area contributed by atoms with Crippen LogP contribution in [0.1, 0.15) is 26.2 Å². The first-order chi connectivity index (χ1) is 9.20. The molecule has 2 atom stereocenters. The van der Waals surface area contributed by atoms with Gasteiger partial charge in [-0.2, -0.15) is 11.8 Å². The summed E-state index contributed by atoms with van der Waals surface area (Å²) in [4.78, 5) is 15.5. The van der Waals surface area contributed by atoms with Crippen molar-refractivity contribution in [1.29, 1.82) is 0 Å². The number of nitrogens with zero attached hydrogens (tertiary/aromatic N) is 1. The second-order valence-electron chi connectivity index (χ2n) is 4.49. The lowest BCUT2D eigenvalue weighted by Gasteiger charge is -2.20. The van der Waals surface area contributed by atoms with Gasteiger partial charge in [0.1, 0.15) is 0 Å². The van der Waals surface area contributed by atoms with E-state index < -0.39 is 5.82 Å². The summed E-state index contributed by atoms with van der Waals surface area (Å²) in [5.41, 5.74) is 0.158. The number of pyridine rings is 1. The highest BCUT2D eigenvalue weighted by Gasteiger charge is 2.28. The number of aromatic nitrogens is 1. The Morgan fingerprint density at radius 1 is 1.58 bits per heavy atom. The molecule has 1 aromatic rings. The SMILES string of the molecule is CCS[C@@H]1CCC[C@@H]1NC(=O)Nc1ccncc1F. The van der Waals surface area contributed by atoms with Crippen molar-refractivity contribution in [3.63, 3.8) is 0 Å². The number of rotatable bonds is 4. The van der Waals surface area contributed by atoms with Crippen LogP contribution in [-0.4, -0.2) is 28.1 Å². The minimum Gasteiger partial charge on any atom is -0.334 e. The van der Waals surface area contributed by atoms with Crippen molar-refractivity contribution in [2.24, 2.45) is 0 Å². The minimum atomic E-state index is -0.524. The normalized spacial score (nSPS) is 22.2. The number of carbonyl (C=O) groups excluding carboxylic acids is 1. The van der Waals surface area contributed by atoms with E-state index in [0.29, 0.717) is 5.25 Å². The van der Waals surface area contributed by atoms with Gasteiger partial charge in [-0.25, -0.2) is 9.18 Å². The largest absolute Gasteiger partial charge is 0.334 e. The third kappa shape index (κ3) is 3.83. The van der Waals surface area contributed by atoms with Crippen LogP contribution in [0.5, 0.6) is 0 Å². The van der Waals surface area contributed by atoms with Gasteiger partial charge in [-0.05, 0) is 24.7 Å². The summed E-state index contributed by atoms with van der Waals surface area (Å²) in [7, 11) is 0. The average molecular weight is 283 g/mol. The zero-order valence-corrected chi connectivity index (χ0v) is 11.7. The zero-order valence-electron chi connectivity index (χ0n) is 10.9. The van der Waals surface area contributed by atoms with Gasteiger partial charge in [-0.3, -0.25) is 4.98 Å². The van der Waals surface area contributed by atoms with E-state index >= 15 is 0 Å². The molecule has 1 aromatic heterocycles. The fourth-order valence-electron chi connectivity index (χ4n) is 2.31. The summed E-state index contributed by atoms with van der Waals surface area (Å²) in [5, 5.41) is 5.93. The van der Waals surface area contributed by atoms with Crippen molar-refractivity contribution >= 4 is 23.5 Å². The molecule has 2 rings (SSSR count). The lowest BCUT2D eigenvalue weighted by molar-refractivity contribution is 0.248. The maximum absolute atomic E-state index is 13.4. The third-order valence-electron chi connectivity index (χ3n) is 3.17. The maximum atomic E-state index is 13.4. The third-order valence-corrected chi connectivity index (χ3v) is 4.50. The Hall–Kier alpha value is -1.30. The molecule has 0 radical (unpaired) electrons. The van der Waals surface area contributed by atoms with Gasteiger partial charge in [0.15, 0.2) is 5.82 Å². The molecule has 2 amide bonds. The first kappa shape index (κ1) is 14.1. The Kier molecular flexibility index (Phi) is 5.01. The van der Waals surface area contributed by atoms with Gasteiger partial charge in [0.05, 0.1) is 11.9 Å². The van der Waals surface area contributed by atoms with Crippen LogP contribution >= 0.6 is 11.8 Å². The van der Waals surface area contributed by atoms with E-state index in [9.17, 15) is 9.18 Å². The van der Waals surface area contributed by atoms with Crippen molar-refractivity contribution < 1.29 is 9.18 Å². The molecule has 6 heteroatoms. The summed E-state index contributed by atoms with van der Waals surface area (Å²) < 4.78 is 13.4. The van der Waals surface area contributed by atoms with E-state index in [0.717, 1.165) is 31.2 Å². The number of thioether (sulfide) groups is 1. The monoisotopic (exact) mass is 283 g/mol. The molecule has 1 saturated carbocycles. The van der Waals surface area contributed by atoms with Crippen LogP contribution in [0.15, 0.2) is 18.5 Å². The fraction of sp³-hybridized carbons (Fsp3) is 0.538. The molecule has 0 saturated heterocycles. The first-order valence-electron chi connectivity index (χ1n) is 6.49. The lowest BCUT2D eigenvalue weighted by atomic mass is 10.2. The highest BCUT2D eigenvalue weighted by molar-refractivity contribution is 7.99. The summed E-state index contributed by atoms with van der Waals surface area (Å²) in [6.07, 6.45) is 5.79. The second kappa shape index (κ2) is 6.75. The molecule has 0 bridgehead atoms. The number of halogens is 1. The van der Waals surface area contributed by atoms with Gasteiger partial charge in [-0.15, -0.1) is 0 Å². The summed E-state index contributed by atoms with van der Waals surface area (Å²) in [6, 6.07) is 1.27. The second-order valence-corrected chi connectivity index (χ2v) is 6.00. The lowest BCUT2D eigenvalue weighted by Crippen LogP contribution is -2.41. The standard InChI is InChI=1S/C13H18FN3OS/c1-2-19-12-5-3-4-11(12)17-13(18)16-10-6-7-15-8-9(10)14/h6-8,11-12H,2-5H2,1H3,(H2,15,16,17,18)/t11-,12+/m0/s1. The van der Waals surface area contributed by atoms with Crippen molar-refractivity contribution in [3.8, 4) is 0 Å². The molecule has 1 heterocycles. The molecular formula is C13H18FN3OS. The van der Waals surface area contributed by atoms with Gasteiger partial charge >= 0.3 is 6.03 Å². The first-order valence-corrected chi connectivity index (χ1v) is 7.54. The van der Waals surface area contributed by atoms with Crippen molar-refractivity contribution in [2.45, 2.75) is 37.5 Å². The minimum absolute atomic E-state index is 0.158. The molecule has 19 heavy (non-hydrogen) atoms. The molecule has 0 unspecified atom stereocenters. The quantitative estimate of drug-likeness (QED) is 0.893. The molecule has 0 aromatic carbocycles. The van der Waals surface area contributed by atoms with Crippen LogP contribution in [0.3, 0.4) is 0 Å². The van der Waals surface area contributed by atoms with Crippen LogP contribution in [0.25, 0.3) is 0 Å². The highest BCUT2D eigenvalue weighted by Crippen LogP contribution is 2.29. The van der Waals surface area contributed by atoms with E-state index in [1.807, 2.05) is 11.8 Å². The number of anilines is 1. The van der Waals surface area contributed by atoms with Gasteiger partial charge in [-0.1, -0.05) is 13.3 Å². The number of hydrogen-bond donors (Lipinski definition) is 2. The Morgan fingerprint density at radius 2 is 2.42 bits per heavy atom. The van der Waals surface area contributed by atoms with Gasteiger partial charge in [0, 0.05) is 17.5 Å². The van der Waals surface area contributed by atoms with E-state index in [1.54, 1.807) is 0 Å². The molecule has 0 aliphatic heterocycles. The van der Waals surface area contributed by atoms with E-state index in [2.05, 4.69) is 22.5 Å². The smallest absolute Gasteiger partial charge is 0.319 e. The fourth-order valence-corrected chi connectivity index (χ4v) is 3.51. The van der Waals surface area contributed by atoms with Crippen molar-refractivity contribution in [2.75, 3.05) is 11.1 Å². The van der Waals surface area contributed by atoms with Crippen LogP contribution in [-0.2, 0) is 0 Å². The molecule has 0 spiro atoms. The van der Waals surface area contributed by atoms with E-state index in [4.69, 9.17) is 0 Å². The Labute approximate surface area is 116 Å². The van der Waals surface area contributed by atoms with Crippen LogP contribution in [0, 0.1) is 5.82 Å². The topological polar surface area (TPSA) is 54.0 Å². The van der Waals surface area contributed by atoms with Crippen LogP contribution in [0.2, 0.25) is 0 Å². The highest BCUT2D eigenvalue weighted by atomic mass is 32.2. The summed E-state index contributed by atoms with van der Waals surface area (Å²) >= 11 is 1.87. The van der Waals surface area contributed by atoms with Crippen molar-refractivity contribution in [1.82, 2.24) is 10.3 Å². The van der Waals surface area contributed by atoms with Gasteiger partial charge in [0.25, 0.3) is 0 Å². The Bertz CT molecular complexity index is 444. The van der Waals surface area contributed by atoms with Crippen LogP contribution < -0.4 is 10.6 Å². The predicted molar refractivity (Wildman–Crippen MR) is 75.9 cm³/mol. The molecule has 2 N–H and O–H groups in total. The van der Waals surface area contributed by atoms with Crippen molar-refractivity contribution in [3.05, 3.63) is 24.3 Å². The Balaban J connectivity index is 1.89. The van der Waals surface area contributed by atoms with Gasteiger partial charge < -0.3 is 10.6 Å². The number of hydrogen-bond acceptors (Lipinski definition) is 3. The number of nitrogens with one attached hydrogen (secondary N) is 2. The molecule has 104 valence electrons. The maximum Gasteiger partial charge on any atom is 0.319 e. The zero-order chi connectivity index (χ0) is 13.7. The molecule has 1 aliphatic carbocycles. The Morgan fingerprint density at radius 3 is 3.16 bits per heavy atom. The molecule has 1 aliphatic rings. The summed E-state index contributed by atoms with van der Waals surface area (Å²) in [5.74, 6) is 0.521. The molecule has 1 fully saturated rings. The molecular weight excluding hydrogens is 265 g/mol. The number of urea groups is 1. The van der Waals surface area contributed by atoms with E-state index in [1.165, 1.54) is 12.3 Å². The predicted octanol–water partition coefficient (Wildman–Crippen LogP) is 3.02. The summed E-state index contributed by atoms with van der Waals surface area (Å²) in [6.45, 7) is 2.12. The van der Waals surface area contributed by atoms with Gasteiger partial charge in [0.2, 0.25) is 0 Å². The number of amides is 2. The van der Waals surface area contributed by atoms with E-state index in [-0.39, 0.29) is 17.8 Å². The number of carbonyl (C=O) groups is 1. The average Bonchev–Trinajstić information content (AvgIpc) is 2.80.